The summed E-state index contributed by atoms with van der Waals surface area (Å²) >= 11 is 0. The molecule has 0 saturated carbocycles. The summed E-state index contributed by atoms with van der Waals surface area (Å²) in [6.07, 6.45) is 0.779. The van der Waals surface area contributed by atoms with Crippen molar-refractivity contribution >= 4 is 23.9 Å². The molecule has 0 aliphatic rings. The minimum absolute atomic E-state index is 0.220. The average Bonchev–Trinajstić information content (AvgIpc) is 2.71. The van der Waals surface area contributed by atoms with Crippen LogP contribution in [0.4, 0.5) is 10.5 Å². The molecule has 2 rings (SSSR count). The highest BCUT2D eigenvalue weighted by atomic mass is 16.6. The van der Waals surface area contributed by atoms with Gasteiger partial charge in [-0.25, -0.2) is 10.2 Å². The second-order valence-electron chi connectivity index (χ2n) is 7.32. The Labute approximate surface area is 181 Å². The van der Waals surface area contributed by atoms with E-state index in [9.17, 15) is 9.59 Å². The van der Waals surface area contributed by atoms with Crippen LogP contribution in [0.25, 0.3) is 0 Å². The van der Waals surface area contributed by atoms with Gasteiger partial charge in [-0.05, 0) is 56.7 Å². The van der Waals surface area contributed by atoms with Crippen LogP contribution in [0, 0.1) is 0 Å². The van der Waals surface area contributed by atoms with Crippen LogP contribution in [0.5, 0.6) is 17.2 Å². The van der Waals surface area contributed by atoms with Crippen LogP contribution in [0.2, 0.25) is 0 Å². The molecule has 2 aromatic rings. The molecule has 2 amide bonds. The zero-order valence-electron chi connectivity index (χ0n) is 18.2. The fourth-order valence-electron chi connectivity index (χ4n) is 2.42. The van der Waals surface area contributed by atoms with Crippen LogP contribution in [0.15, 0.2) is 47.6 Å². The first-order valence-electron chi connectivity index (χ1n) is 9.47. The van der Waals surface area contributed by atoms with Crippen LogP contribution in [-0.2, 0) is 9.53 Å². The molecule has 9 heteroatoms. The van der Waals surface area contributed by atoms with Crippen LogP contribution in [0.3, 0.4) is 0 Å². The lowest BCUT2D eigenvalue weighted by molar-refractivity contribution is -0.118. The summed E-state index contributed by atoms with van der Waals surface area (Å²) in [5.74, 6) is 0.997. The molecule has 166 valence electrons. The van der Waals surface area contributed by atoms with Gasteiger partial charge in [-0.15, -0.1) is 0 Å². The summed E-state index contributed by atoms with van der Waals surface area (Å²) in [5.41, 5.74) is 2.88. The topological polar surface area (TPSA) is 107 Å². The predicted octanol–water partition coefficient (Wildman–Crippen LogP) is 3.58. The van der Waals surface area contributed by atoms with Gasteiger partial charge in [0.1, 0.15) is 11.4 Å². The van der Waals surface area contributed by atoms with Crippen molar-refractivity contribution in [2.75, 3.05) is 26.1 Å². The Morgan fingerprint density at radius 2 is 1.71 bits per heavy atom. The Balaban J connectivity index is 1.94. The van der Waals surface area contributed by atoms with E-state index < -0.39 is 11.7 Å². The average molecular weight is 429 g/mol. The number of hydrogen-bond donors (Lipinski definition) is 2. The molecule has 0 atom stereocenters. The number of para-hydroxylation sites is 2. The molecule has 0 heterocycles. The Hall–Kier alpha value is -3.75. The molecule has 2 aromatic carbocycles. The van der Waals surface area contributed by atoms with Gasteiger partial charge in [-0.2, -0.15) is 5.10 Å². The third-order valence-corrected chi connectivity index (χ3v) is 3.70. The van der Waals surface area contributed by atoms with Gasteiger partial charge in [0.15, 0.2) is 18.1 Å². The largest absolute Gasteiger partial charge is 0.495 e. The van der Waals surface area contributed by atoms with Crippen molar-refractivity contribution in [3.05, 3.63) is 48.0 Å². The third-order valence-electron chi connectivity index (χ3n) is 3.70. The quantitative estimate of drug-likeness (QED) is 0.491. The molecule has 0 spiro atoms. The lowest BCUT2D eigenvalue weighted by atomic mass is 10.2. The summed E-state index contributed by atoms with van der Waals surface area (Å²) in [4.78, 5) is 23.8. The molecule has 2 N–H and O–H groups in total. The zero-order chi connectivity index (χ0) is 22.9. The maximum absolute atomic E-state index is 12.2. The molecular formula is C22H27N3O6. The Morgan fingerprint density at radius 3 is 2.39 bits per heavy atom. The molecule has 0 saturated heterocycles. The minimum Gasteiger partial charge on any atom is -0.495 e. The van der Waals surface area contributed by atoms with E-state index in [4.69, 9.17) is 18.9 Å². The maximum Gasteiger partial charge on any atom is 0.428 e. The first-order chi connectivity index (χ1) is 14.7. The van der Waals surface area contributed by atoms with Crippen molar-refractivity contribution in [3.8, 4) is 17.2 Å². The van der Waals surface area contributed by atoms with Gasteiger partial charge in [0.2, 0.25) is 0 Å². The van der Waals surface area contributed by atoms with E-state index >= 15 is 0 Å². The fourth-order valence-corrected chi connectivity index (χ4v) is 2.42. The van der Waals surface area contributed by atoms with Gasteiger partial charge in [-0.1, -0.05) is 12.1 Å². The van der Waals surface area contributed by atoms with Gasteiger partial charge in [0, 0.05) is 0 Å². The summed E-state index contributed by atoms with van der Waals surface area (Å²) in [6, 6.07) is 12.1. The van der Waals surface area contributed by atoms with Crippen molar-refractivity contribution in [3.63, 3.8) is 0 Å². The molecule has 0 aromatic heterocycles. The number of amides is 2. The molecule has 0 bridgehead atoms. The van der Waals surface area contributed by atoms with Crippen molar-refractivity contribution < 1.29 is 28.5 Å². The van der Waals surface area contributed by atoms with E-state index in [2.05, 4.69) is 15.8 Å². The van der Waals surface area contributed by atoms with Crippen molar-refractivity contribution in [2.24, 2.45) is 5.10 Å². The number of carbonyl (C=O) groups excluding carboxylic acids is 2. The highest BCUT2D eigenvalue weighted by Crippen LogP contribution is 2.28. The highest BCUT2D eigenvalue weighted by Gasteiger charge is 2.15. The monoisotopic (exact) mass is 429 g/mol. The Kier molecular flexibility index (Phi) is 8.25. The fraction of sp³-hybridized carbons (Fsp3) is 0.318. The molecule has 0 fully saturated rings. The number of nitrogens with one attached hydrogen (secondary N) is 2. The number of methoxy groups -OCH3 is 2. The molecule has 0 aliphatic heterocycles. The number of anilines is 1. The summed E-state index contributed by atoms with van der Waals surface area (Å²) in [6.45, 7) is 5.06. The van der Waals surface area contributed by atoms with Gasteiger partial charge >= 0.3 is 6.09 Å². The Bertz CT molecular complexity index is 937. The molecular weight excluding hydrogens is 402 g/mol. The number of benzene rings is 2. The lowest BCUT2D eigenvalue weighted by Crippen LogP contribution is -2.29. The number of rotatable bonds is 8. The van der Waals surface area contributed by atoms with Crippen molar-refractivity contribution in [1.82, 2.24) is 5.43 Å². The second kappa shape index (κ2) is 10.9. The highest BCUT2D eigenvalue weighted by molar-refractivity contribution is 5.93. The first-order valence-corrected chi connectivity index (χ1v) is 9.47. The molecule has 0 aliphatic carbocycles. The van der Waals surface area contributed by atoms with Crippen LogP contribution < -0.4 is 25.0 Å². The van der Waals surface area contributed by atoms with Crippen LogP contribution in [0.1, 0.15) is 26.3 Å². The van der Waals surface area contributed by atoms with E-state index in [0.29, 0.717) is 28.5 Å². The zero-order valence-corrected chi connectivity index (χ0v) is 18.2. The van der Waals surface area contributed by atoms with Gasteiger partial charge < -0.3 is 24.3 Å². The van der Waals surface area contributed by atoms with E-state index in [1.165, 1.54) is 20.4 Å². The van der Waals surface area contributed by atoms with Crippen molar-refractivity contribution in [1.29, 1.82) is 0 Å². The lowest BCUT2D eigenvalue weighted by Gasteiger charge is -2.18. The van der Waals surface area contributed by atoms with E-state index in [1.807, 2.05) is 6.07 Å². The summed E-state index contributed by atoms with van der Waals surface area (Å²) < 4.78 is 21.2. The second-order valence-corrected chi connectivity index (χ2v) is 7.32. The number of ether oxygens (including phenoxy) is 4. The summed E-state index contributed by atoms with van der Waals surface area (Å²) in [5, 5.41) is 6.58. The number of carbonyl (C=O) groups is 2. The number of hydrazone groups is 1. The number of nitrogens with zero attached hydrogens (tertiary/aromatic N) is 1. The standard InChI is InChI=1S/C22H27N3O6/c1-22(2,3)31-21(27)25-23-13-15-10-11-18(19(12-15)29-5)30-14-20(26)24-16-8-6-7-9-17(16)28-4/h6-13H,14H2,1-5H3,(H,24,26)(H,25,27). The molecule has 9 nitrogen and oxygen atoms in total. The van der Waals surface area contributed by atoms with Gasteiger partial charge in [0.25, 0.3) is 5.91 Å². The van der Waals surface area contributed by atoms with E-state index in [1.54, 1.807) is 57.2 Å². The molecule has 0 unspecified atom stereocenters. The number of hydrogen-bond acceptors (Lipinski definition) is 7. The van der Waals surface area contributed by atoms with E-state index in [0.717, 1.165) is 0 Å². The maximum atomic E-state index is 12.2. The normalized spacial score (nSPS) is 11.0. The first kappa shape index (κ1) is 23.5. The van der Waals surface area contributed by atoms with Crippen LogP contribution in [-0.4, -0.2) is 44.6 Å². The SMILES string of the molecule is COc1ccccc1NC(=O)COc1ccc(C=NNC(=O)OC(C)(C)C)cc1OC. The summed E-state index contributed by atoms with van der Waals surface area (Å²) in [7, 11) is 3.01. The smallest absolute Gasteiger partial charge is 0.428 e. The third kappa shape index (κ3) is 7.88. The van der Waals surface area contributed by atoms with Crippen LogP contribution >= 0.6 is 0 Å². The molecule has 31 heavy (non-hydrogen) atoms. The van der Waals surface area contributed by atoms with Gasteiger partial charge in [-0.3, -0.25) is 4.79 Å². The van der Waals surface area contributed by atoms with Gasteiger partial charge in [0.05, 0.1) is 26.1 Å². The minimum atomic E-state index is -0.656. The molecule has 0 radical (unpaired) electrons. The Morgan fingerprint density at radius 1 is 1.00 bits per heavy atom. The predicted molar refractivity (Wildman–Crippen MR) is 117 cm³/mol. The van der Waals surface area contributed by atoms with E-state index in [-0.39, 0.29) is 12.5 Å². The van der Waals surface area contributed by atoms with Crippen molar-refractivity contribution in [2.45, 2.75) is 26.4 Å².